The highest BCUT2D eigenvalue weighted by Crippen LogP contribution is 2.43. The van der Waals surface area contributed by atoms with Crippen molar-refractivity contribution in [2.75, 3.05) is 20.8 Å². The number of pyridine rings is 2. The van der Waals surface area contributed by atoms with Crippen molar-refractivity contribution < 1.29 is 33.7 Å². The molecule has 1 aliphatic heterocycles. The highest BCUT2D eigenvalue weighted by molar-refractivity contribution is 6.39. The summed E-state index contributed by atoms with van der Waals surface area (Å²) < 4.78 is 17.1. The number of halogens is 2. The Balaban J connectivity index is 1.27. The third kappa shape index (κ3) is 8.56. The van der Waals surface area contributed by atoms with Gasteiger partial charge in [-0.3, -0.25) is 19.9 Å². The number of nitrogens with zero attached hydrogens (tertiary/aromatic N) is 3. The molecule has 54 heavy (non-hydrogen) atoms. The summed E-state index contributed by atoms with van der Waals surface area (Å²) in [5.74, 6) is -0.00596. The van der Waals surface area contributed by atoms with Crippen LogP contribution in [0.5, 0.6) is 11.6 Å². The van der Waals surface area contributed by atoms with Gasteiger partial charge in [0.25, 0.3) is 0 Å². The molecule has 12 nitrogen and oxygen atoms in total. The zero-order valence-corrected chi connectivity index (χ0v) is 32.3. The Morgan fingerprint density at radius 1 is 1.00 bits per heavy atom. The minimum atomic E-state index is -0.877. The normalized spacial score (nSPS) is 16.1. The number of amides is 2. The van der Waals surface area contributed by atoms with Crippen LogP contribution in [0.4, 0.5) is 4.79 Å². The van der Waals surface area contributed by atoms with Gasteiger partial charge in [0.1, 0.15) is 16.9 Å². The van der Waals surface area contributed by atoms with Gasteiger partial charge in [-0.1, -0.05) is 53.5 Å². The third-order valence-electron chi connectivity index (χ3n) is 9.46. The average molecular weight is 777 g/mol. The number of carboxylic acids is 1. The number of nitrogens with one attached hydrogen (secondary N) is 2. The van der Waals surface area contributed by atoms with Crippen molar-refractivity contribution in [3.63, 3.8) is 0 Å². The second-order valence-electron chi connectivity index (χ2n) is 14.5. The lowest BCUT2D eigenvalue weighted by Gasteiger charge is -2.29. The van der Waals surface area contributed by atoms with Crippen molar-refractivity contribution in [1.82, 2.24) is 25.5 Å². The van der Waals surface area contributed by atoms with E-state index in [0.717, 1.165) is 5.56 Å². The van der Waals surface area contributed by atoms with Gasteiger partial charge in [0.2, 0.25) is 11.8 Å². The van der Waals surface area contributed by atoms with Crippen molar-refractivity contribution in [1.29, 1.82) is 0 Å². The van der Waals surface area contributed by atoms with Crippen LogP contribution in [-0.4, -0.2) is 75.9 Å². The van der Waals surface area contributed by atoms with Gasteiger partial charge in [0.05, 0.1) is 42.2 Å². The van der Waals surface area contributed by atoms with Gasteiger partial charge in [0, 0.05) is 65.1 Å². The second-order valence-corrected chi connectivity index (χ2v) is 15.2. The van der Waals surface area contributed by atoms with Crippen molar-refractivity contribution in [2.24, 2.45) is 0 Å². The van der Waals surface area contributed by atoms with Crippen molar-refractivity contribution >= 4 is 41.2 Å². The highest BCUT2D eigenvalue weighted by Gasteiger charge is 2.50. The van der Waals surface area contributed by atoms with Gasteiger partial charge in [-0.05, 0) is 64.3 Å². The molecule has 3 N–H and O–H groups in total. The molecule has 284 valence electrons. The van der Waals surface area contributed by atoms with Crippen LogP contribution in [0.1, 0.15) is 57.6 Å². The van der Waals surface area contributed by atoms with Gasteiger partial charge in [-0.2, -0.15) is 0 Å². The van der Waals surface area contributed by atoms with E-state index in [1.165, 1.54) is 7.11 Å². The summed E-state index contributed by atoms with van der Waals surface area (Å²) in [5, 5.41) is 16.4. The molecule has 2 aromatic heterocycles. The van der Waals surface area contributed by atoms with Crippen LogP contribution in [0.25, 0.3) is 33.6 Å². The van der Waals surface area contributed by atoms with Crippen molar-refractivity contribution in [3.05, 3.63) is 82.0 Å². The minimum Gasteiger partial charge on any atom is -0.496 e. The fraction of sp³-hybridized carbons (Fsp3) is 0.375. The van der Waals surface area contributed by atoms with E-state index in [4.69, 9.17) is 42.4 Å². The molecular weight excluding hydrogens is 733 g/mol. The van der Waals surface area contributed by atoms with Crippen LogP contribution in [0, 0.1) is 0 Å². The number of hydrogen-bond donors (Lipinski definition) is 3. The summed E-state index contributed by atoms with van der Waals surface area (Å²) in [6.45, 7) is 6.16. The van der Waals surface area contributed by atoms with Crippen LogP contribution in [0.2, 0.25) is 10.0 Å². The molecule has 0 bridgehead atoms. The quantitative estimate of drug-likeness (QED) is 0.124. The lowest BCUT2D eigenvalue weighted by Crippen LogP contribution is -2.43. The van der Waals surface area contributed by atoms with Crippen LogP contribution in [0.15, 0.2) is 60.8 Å². The summed E-state index contributed by atoms with van der Waals surface area (Å²) in [6.07, 6.45) is 3.37. The average Bonchev–Trinajstić information content (AvgIpc) is 3.83. The molecule has 1 atom stereocenters. The molecule has 0 spiro atoms. The molecule has 2 aromatic carbocycles. The van der Waals surface area contributed by atoms with E-state index in [1.807, 2.05) is 48.5 Å². The fourth-order valence-electron chi connectivity index (χ4n) is 6.42. The largest absolute Gasteiger partial charge is 0.496 e. The van der Waals surface area contributed by atoms with Crippen LogP contribution in [0.3, 0.4) is 0 Å². The molecule has 3 heterocycles. The minimum absolute atomic E-state index is 0.0411. The van der Waals surface area contributed by atoms with Gasteiger partial charge in [-0.25, -0.2) is 9.78 Å². The summed E-state index contributed by atoms with van der Waals surface area (Å²) >= 11 is 14.2. The fourth-order valence-corrected chi connectivity index (χ4v) is 7.06. The van der Waals surface area contributed by atoms with E-state index in [2.05, 4.69) is 15.6 Å². The summed E-state index contributed by atoms with van der Waals surface area (Å²) in [5.41, 5.74) is 3.62. The first-order chi connectivity index (χ1) is 25.7. The Bertz CT molecular complexity index is 2080. The molecule has 2 amide bonds. The van der Waals surface area contributed by atoms with E-state index in [-0.39, 0.29) is 25.0 Å². The molecule has 14 heteroatoms. The second kappa shape index (κ2) is 15.8. The number of carboxylic acid groups (broad SMARTS) is 1. The Morgan fingerprint density at radius 2 is 1.72 bits per heavy atom. The van der Waals surface area contributed by atoms with Gasteiger partial charge in [-0.15, -0.1) is 0 Å². The standard InChI is InChI=1S/C40H43Cl2N5O7/c1-39(2,3)54-38(51)47(22-26-12-14-32(48)45-26)21-25-11-13-30(46-36(25)53-5)29-8-6-7-27(33(29)41)28-15-18-43-35(34(28)42)23-9-10-24(31(19-23)52-4)20-44-40(16-17-40)37(49)50/h6-11,13,15,18-19,26,44H,12,14,16-17,20-22H2,1-5H3,(H,45,48)(H,49,50). The van der Waals surface area contributed by atoms with Crippen LogP contribution < -0.4 is 20.1 Å². The monoisotopic (exact) mass is 775 g/mol. The topological polar surface area (TPSA) is 152 Å². The smallest absolute Gasteiger partial charge is 0.410 e. The number of aromatic nitrogens is 2. The maximum absolute atomic E-state index is 13.3. The molecule has 1 aliphatic carbocycles. The summed E-state index contributed by atoms with van der Waals surface area (Å²) in [7, 11) is 3.08. The molecule has 1 saturated carbocycles. The number of benzene rings is 2. The van der Waals surface area contributed by atoms with Gasteiger partial charge >= 0.3 is 12.1 Å². The number of ether oxygens (including phenoxy) is 3. The molecular formula is C40H43Cl2N5O7. The number of carbonyl (C=O) groups is 3. The number of aliphatic carboxylic acids is 1. The Kier molecular flexibility index (Phi) is 11.4. The first-order valence-electron chi connectivity index (χ1n) is 17.6. The predicted molar refractivity (Wildman–Crippen MR) is 206 cm³/mol. The van der Waals surface area contributed by atoms with Crippen molar-refractivity contribution in [2.45, 2.75) is 76.7 Å². The van der Waals surface area contributed by atoms with E-state index in [1.54, 1.807) is 45.0 Å². The Morgan fingerprint density at radius 3 is 2.37 bits per heavy atom. The van der Waals surface area contributed by atoms with E-state index in [9.17, 15) is 19.5 Å². The van der Waals surface area contributed by atoms with Crippen molar-refractivity contribution in [3.8, 4) is 45.3 Å². The van der Waals surface area contributed by atoms with Crippen LogP contribution >= 0.6 is 23.2 Å². The third-order valence-corrected chi connectivity index (χ3v) is 10.3. The van der Waals surface area contributed by atoms with E-state index >= 15 is 0 Å². The van der Waals surface area contributed by atoms with Crippen LogP contribution in [-0.2, 0) is 27.4 Å². The molecule has 4 aromatic rings. The molecule has 6 rings (SSSR count). The predicted octanol–water partition coefficient (Wildman–Crippen LogP) is 7.52. The van der Waals surface area contributed by atoms with E-state index < -0.39 is 23.2 Å². The van der Waals surface area contributed by atoms with Gasteiger partial charge < -0.3 is 29.5 Å². The lowest BCUT2D eigenvalue weighted by atomic mass is 9.99. The maximum atomic E-state index is 13.3. The zero-order valence-electron chi connectivity index (χ0n) is 30.8. The molecule has 1 saturated heterocycles. The van der Waals surface area contributed by atoms with E-state index in [0.29, 0.717) is 93.1 Å². The SMILES string of the molecule is COc1cc(-c2nccc(-c3cccc(-c4ccc(CN(CC5CCC(=O)N5)C(=O)OC(C)(C)C)c(OC)n4)c3Cl)c2Cl)ccc1CNC1(C(=O)O)CC1. The number of hydrogen-bond acceptors (Lipinski definition) is 9. The number of rotatable bonds is 13. The highest BCUT2D eigenvalue weighted by atomic mass is 35.5. The Labute approximate surface area is 324 Å². The first kappa shape index (κ1) is 38.8. The molecule has 2 fully saturated rings. The lowest BCUT2D eigenvalue weighted by molar-refractivity contribution is -0.140. The summed E-state index contributed by atoms with van der Waals surface area (Å²) in [6, 6.07) is 16.4. The molecule has 2 aliphatic rings. The zero-order chi connectivity index (χ0) is 38.8. The maximum Gasteiger partial charge on any atom is 0.410 e. The number of methoxy groups -OCH3 is 2. The Hall–Kier alpha value is -4.91. The number of carbonyl (C=O) groups excluding carboxylic acids is 2. The molecule has 0 radical (unpaired) electrons. The molecule has 1 unspecified atom stereocenters. The van der Waals surface area contributed by atoms with Gasteiger partial charge in [0.15, 0.2) is 0 Å². The first-order valence-corrected chi connectivity index (χ1v) is 18.4. The summed E-state index contributed by atoms with van der Waals surface area (Å²) in [4.78, 5) is 47.7.